The zero-order valence-electron chi connectivity index (χ0n) is 12.2. The van der Waals surface area contributed by atoms with Gasteiger partial charge in [0.25, 0.3) is 5.24 Å². The lowest BCUT2D eigenvalue weighted by Crippen LogP contribution is -2.04. The van der Waals surface area contributed by atoms with Crippen LogP contribution in [0.2, 0.25) is 0 Å². The SMILES string of the molecule is CC(Sc1ccccc1)C(=O)Cl.O=C(Cl)c1ccc(I)c(I)c1I. The summed E-state index contributed by atoms with van der Waals surface area (Å²) in [7, 11) is 0. The lowest BCUT2D eigenvalue weighted by molar-refractivity contribution is -0.111. The molecule has 0 aliphatic carbocycles. The van der Waals surface area contributed by atoms with Gasteiger partial charge in [0.2, 0.25) is 5.24 Å². The molecule has 8 heteroatoms. The normalized spacial score (nSPS) is 11.2. The maximum atomic E-state index is 10.9. The smallest absolute Gasteiger partial charge is 0.253 e. The maximum Gasteiger partial charge on any atom is 0.253 e. The van der Waals surface area contributed by atoms with Crippen LogP contribution >= 0.6 is 103 Å². The standard InChI is InChI=1S/C9H9ClOS.C7H2ClI3O/c1-7(9(10)11)12-8-5-3-2-4-6-8;8-7(12)3-1-2-4(9)6(11)5(3)10/h2-7H,1H3;1-2H. The van der Waals surface area contributed by atoms with Crippen molar-refractivity contribution in [3.8, 4) is 0 Å². The number of hydrogen-bond donors (Lipinski definition) is 0. The van der Waals surface area contributed by atoms with Crippen molar-refractivity contribution in [1.29, 1.82) is 0 Å². The fourth-order valence-corrected chi connectivity index (χ4v) is 4.84. The summed E-state index contributed by atoms with van der Waals surface area (Å²) in [6.45, 7) is 1.80. The van der Waals surface area contributed by atoms with E-state index in [1.807, 2.05) is 36.4 Å². The van der Waals surface area contributed by atoms with Gasteiger partial charge in [0.15, 0.2) is 0 Å². The summed E-state index contributed by atoms with van der Waals surface area (Å²) in [5, 5.41) is -0.869. The number of thioether (sulfide) groups is 1. The van der Waals surface area contributed by atoms with Crippen LogP contribution < -0.4 is 0 Å². The quantitative estimate of drug-likeness (QED) is 0.151. The monoisotopic (exact) mass is 718 g/mol. The molecule has 2 rings (SSSR count). The molecular formula is C16H11Cl2I3O2S. The molecule has 0 saturated carbocycles. The van der Waals surface area contributed by atoms with Gasteiger partial charge >= 0.3 is 0 Å². The molecule has 0 aliphatic heterocycles. The molecule has 0 amide bonds. The Morgan fingerprint density at radius 1 is 0.958 bits per heavy atom. The summed E-state index contributed by atoms with van der Waals surface area (Å²) in [6.07, 6.45) is 0. The molecule has 2 aromatic carbocycles. The Hall–Kier alpha value is 0.900. The molecule has 2 nitrogen and oxygen atoms in total. The Morgan fingerprint density at radius 2 is 1.54 bits per heavy atom. The minimum absolute atomic E-state index is 0.172. The van der Waals surface area contributed by atoms with Gasteiger partial charge in [0.05, 0.1) is 5.25 Å². The third kappa shape index (κ3) is 7.65. The minimum Gasteiger partial charge on any atom is -0.280 e. The maximum absolute atomic E-state index is 10.9. The van der Waals surface area contributed by atoms with Crippen molar-refractivity contribution in [1.82, 2.24) is 0 Å². The minimum atomic E-state index is -0.395. The van der Waals surface area contributed by atoms with E-state index in [-0.39, 0.29) is 10.5 Å². The van der Waals surface area contributed by atoms with Crippen molar-refractivity contribution < 1.29 is 9.59 Å². The average Bonchev–Trinajstić information content (AvgIpc) is 2.54. The van der Waals surface area contributed by atoms with E-state index in [1.54, 1.807) is 13.0 Å². The number of halogens is 5. The summed E-state index contributed by atoms with van der Waals surface area (Å²) in [4.78, 5) is 22.6. The van der Waals surface area contributed by atoms with Crippen LogP contribution in [-0.4, -0.2) is 15.7 Å². The Bertz CT molecular complexity index is 727. The lowest BCUT2D eigenvalue weighted by Gasteiger charge is -2.04. The van der Waals surface area contributed by atoms with E-state index in [0.717, 1.165) is 15.6 Å². The summed E-state index contributed by atoms with van der Waals surface area (Å²) >= 11 is 18.7. The molecular weight excluding hydrogens is 708 g/mol. The molecule has 0 N–H and O–H groups in total. The van der Waals surface area contributed by atoms with Crippen LogP contribution in [0.3, 0.4) is 0 Å². The molecule has 1 atom stereocenters. The fourth-order valence-electron chi connectivity index (χ4n) is 1.43. The summed E-state index contributed by atoms with van der Waals surface area (Å²) < 4.78 is 3.15. The van der Waals surface area contributed by atoms with Gasteiger partial charge in [-0.2, -0.15) is 0 Å². The zero-order chi connectivity index (χ0) is 18.3. The molecule has 0 fully saturated rings. The van der Waals surface area contributed by atoms with Gasteiger partial charge in [0, 0.05) is 21.2 Å². The molecule has 0 aliphatic rings. The van der Waals surface area contributed by atoms with E-state index in [4.69, 9.17) is 23.2 Å². The van der Waals surface area contributed by atoms with Crippen LogP contribution in [0.15, 0.2) is 47.4 Å². The molecule has 24 heavy (non-hydrogen) atoms. The van der Waals surface area contributed by atoms with Crippen LogP contribution in [0.25, 0.3) is 0 Å². The van der Waals surface area contributed by atoms with E-state index in [9.17, 15) is 9.59 Å². The molecule has 0 spiro atoms. The molecule has 2 aromatic rings. The summed E-state index contributed by atoms with van der Waals surface area (Å²) in [5.74, 6) is 0. The van der Waals surface area contributed by atoms with E-state index < -0.39 is 5.24 Å². The van der Waals surface area contributed by atoms with Crippen molar-refractivity contribution in [3.05, 3.63) is 58.7 Å². The lowest BCUT2D eigenvalue weighted by atomic mass is 10.2. The first-order valence-corrected chi connectivity index (χ1v) is 11.4. The number of rotatable bonds is 4. The molecule has 0 heterocycles. The second-order valence-electron chi connectivity index (χ2n) is 4.37. The Morgan fingerprint density at radius 3 is 2.04 bits per heavy atom. The van der Waals surface area contributed by atoms with Gasteiger partial charge in [-0.15, -0.1) is 11.8 Å². The van der Waals surface area contributed by atoms with E-state index in [1.165, 1.54) is 11.8 Å². The summed E-state index contributed by atoms with van der Waals surface area (Å²) in [5.41, 5.74) is 0.585. The molecule has 0 bridgehead atoms. The number of hydrogen-bond acceptors (Lipinski definition) is 3. The van der Waals surface area contributed by atoms with Gasteiger partial charge in [-0.05, 0) is 122 Å². The first kappa shape index (κ1) is 22.9. The third-order valence-corrected chi connectivity index (χ3v) is 9.60. The van der Waals surface area contributed by atoms with E-state index >= 15 is 0 Å². The van der Waals surface area contributed by atoms with Gasteiger partial charge in [0.1, 0.15) is 0 Å². The Labute approximate surface area is 196 Å². The predicted molar refractivity (Wildman–Crippen MR) is 127 cm³/mol. The highest BCUT2D eigenvalue weighted by Crippen LogP contribution is 2.25. The third-order valence-electron chi connectivity index (χ3n) is 2.62. The first-order chi connectivity index (χ1) is 11.2. The van der Waals surface area contributed by atoms with Crippen molar-refractivity contribution in [2.75, 3.05) is 0 Å². The topological polar surface area (TPSA) is 34.1 Å². The number of carbonyl (C=O) groups is 2. The molecule has 0 saturated heterocycles. The van der Waals surface area contributed by atoms with Gasteiger partial charge < -0.3 is 0 Å². The largest absolute Gasteiger partial charge is 0.280 e. The highest BCUT2D eigenvalue weighted by atomic mass is 127. The van der Waals surface area contributed by atoms with Gasteiger partial charge in [-0.25, -0.2) is 0 Å². The van der Waals surface area contributed by atoms with E-state index in [2.05, 4.69) is 67.8 Å². The van der Waals surface area contributed by atoms with Crippen molar-refractivity contribution in [2.45, 2.75) is 17.1 Å². The van der Waals surface area contributed by atoms with Crippen LogP contribution in [0.4, 0.5) is 0 Å². The highest BCUT2D eigenvalue weighted by molar-refractivity contribution is 14.1. The van der Waals surface area contributed by atoms with Crippen LogP contribution in [-0.2, 0) is 4.79 Å². The molecule has 0 radical (unpaired) electrons. The molecule has 0 aromatic heterocycles. The highest BCUT2D eigenvalue weighted by Gasteiger charge is 2.11. The number of benzene rings is 2. The van der Waals surface area contributed by atoms with Crippen molar-refractivity contribution in [2.24, 2.45) is 0 Å². The van der Waals surface area contributed by atoms with Crippen LogP contribution in [0, 0.1) is 10.7 Å². The second kappa shape index (κ2) is 11.6. The molecule has 128 valence electrons. The Balaban J connectivity index is 0.000000240. The predicted octanol–water partition coefficient (Wildman–Crippen LogP) is 6.81. The zero-order valence-corrected chi connectivity index (χ0v) is 21.0. The number of carbonyl (C=O) groups excluding carboxylic acids is 2. The summed E-state index contributed by atoms with van der Waals surface area (Å²) in [6, 6.07) is 13.4. The van der Waals surface area contributed by atoms with Crippen LogP contribution in [0.1, 0.15) is 17.3 Å². The Kier molecular flexibility index (Phi) is 11.1. The second-order valence-corrected chi connectivity index (χ2v) is 9.82. The van der Waals surface area contributed by atoms with Crippen molar-refractivity contribution >= 4 is 113 Å². The first-order valence-electron chi connectivity index (χ1n) is 6.48. The van der Waals surface area contributed by atoms with Gasteiger partial charge in [-0.3, -0.25) is 9.59 Å². The van der Waals surface area contributed by atoms with Gasteiger partial charge in [-0.1, -0.05) is 18.2 Å². The van der Waals surface area contributed by atoms with Crippen LogP contribution in [0.5, 0.6) is 0 Å². The fraction of sp³-hybridized carbons (Fsp3) is 0.125. The van der Waals surface area contributed by atoms with Crippen molar-refractivity contribution in [3.63, 3.8) is 0 Å². The average molecular weight is 719 g/mol. The van der Waals surface area contributed by atoms with E-state index in [0.29, 0.717) is 5.56 Å². The molecule has 1 unspecified atom stereocenters.